The SMILES string of the molecule is O=S(=O)(c1cc(SOOC(Cl)(Cl)Cl)cc2sc(S(=O)(=O)C(Br)(Br)Br)nc12)C(Cl)(Cl)Cl. The fourth-order valence-electron chi connectivity index (χ4n) is 1.64. The molecule has 2 rings (SSSR count). The number of halogens is 9. The van der Waals surface area contributed by atoms with Crippen molar-refractivity contribution in [3.05, 3.63) is 12.1 Å². The predicted octanol–water partition coefficient (Wildman–Crippen LogP) is 7.25. The van der Waals surface area contributed by atoms with E-state index in [1.807, 2.05) is 0 Å². The Labute approximate surface area is 233 Å². The molecule has 0 radical (unpaired) electrons. The Bertz CT molecular complexity index is 1170. The minimum absolute atomic E-state index is 0.0833. The number of hydrogen-bond acceptors (Lipinski definition) is 9. The molecule has 170 valence electrons. The zero-order chi connectivity index (χ0) is 23.3. The number of hydrogen-bond donors (Lipinski definition) is 0. The maximum atomic E-state index is 12.8. The van der Waals surface area contributed by atoms with Gasteiger partial charge in [0.25, 0.3) is 3.12 Å². The molecule has 0 saturated heterocycles. The van der Waals surface area contributed by atoms with Crippen molar-refractivity contribution in [3.63, 3.8) is 0 Å². The molecule has 0 aliphatic carbocycles. The van der Waals surface area contributed by atoms with Gasteiger partial charge in [-0.2, -0.15) is 9.22 Å². The summed E-state index contributed by atoms with van der Waals surface area (Å²) in [6.45, 7) is 0. The fourth-order valence-corrected chi connectivity index (χ4v) is 8.90. The maximum absolute atomic E-state index is 12.8. The highest BCUT2D eigenvalue weighted by molar-refractivity contribution is 9.42. The van der Waals surface area contributed by atoms with E-state index in [9.17, 15) is 16.8 Å². The third kappa shape index (κ3) is 6.56. The van der Waals surface area contributed by atoms with Crippen molar-refractivity contribution in [1.82, 2.24) is 4.98 Å². The molecule has 2 aromatic rings. The average Bonchev–Trinajstić information content (AvgIpc) is 2.95. The lowest BCUT2D eigenvalue weighted by Crippen LogP contribution is -2.20. The molecule has 1 heterocycles. The topological polar surface area (TPSA) is 99.6 Å². The highest BCUT2D eigenvalue weighted by Gasteiger charge is 2.43. The van der Waals surface area contributed by atoms with Crippen LogP contribution in [-0.4, -0.2) is 30.4 Å². The van der Waals surface area contributed by atoms with E-state index in [1.54, 1.807) is 0 Å². The number of alkyl halides is 9. The Hall–Kier alpha value is 2.46. The van der Waals surface area contributed by atoms with Gasteiger partial charge in [0.05, 0.1) is 21.6 Å². The van der Waals surface area contributed by atoms with Crippen molar-refractivity contribution < 1.29 is 26.1 Å². The Balaban J connectivity index is 2.71. The molecular formula is C10H2Br3Cl6NO6S4. The minimum Gasteiger partial charge on any atom is -0.224 e. The molecule has 7 nitrogen and oxygen atoms in total. The monoisotopic (exact) mass is 806 g/mol. The number of rotatable bonds is 5. The van der Waals surface area contributed by atoms with Crippen molar-refractivity contribution in [3.8, 4) is 0 Å². The molecule has 0 amide bonds. The Morgan fingerprint density at radius 1 is 0.967 bits per heavy atom. The van der Waals surface area contributed by atoms with Gasteiger partial charge < -0.3 is 0 Å². The van der Waals surface area contributed by atoms with E-state index in [4.69, 9.17) is 69.6 Å². The highest BCUT2D eigenvalue weighted by atomic mass is 80.0. The van der Waals surface area contributed by atoms with Gasteiger partial charge in [-0.25, -0.2) is 21.8 Å². The lowest BCUT2D eigenvalue weighted by atomic mass is 10.3. The third-order valence-electron chi connectivity index (χ3n) is 2.80. The Morgan fingerprint density at radius 3 is 2.00 bits per heavy atom. The molecular weight excluding hydrogens is 811 g/mol. The standard InChI is InChI=1S/C10H2Br3Cl6NO6S4/c11-8(12,13)30(23,24)7-20-6-4(27-7)1-3(28-26-25-9(14,15)16)2-5(6)29(21,22)10(17,18)19/h1-2H. The Kier molecular flexibility index (Phi) is 9.41. The van der Waals surface area contributed by atoms with Crippen molar-refractivity contribution in [2.45, 2.75) is 22.7 Å². The van der Waals surface area contributed by atoms with E-state index in [2.05, 4.69) is 62.0 Å². The molecule has 0 aliphatic heterocycles. The molecule has 0 unspecified atom stereocenters. The quantitative estimate of drug-likeness (QED) is 0.135. The van der Waals surface area contributed by atoms with Crippen LogP contribution in [0.1, 0.15) is 0 Å². The summed E-state index contributed by atoms with van der Waals surface area (Å²) < 4.78 is 48.4. The summed E-state index contributed by atoms with van der Waals surface area (Å²) in [5.74, 6) is 0. The second-order valence-electron chi connectivity index (χ2n) is 4.83. The number of aromatic nitrogens is 1. The molecule has 0 aliphatic rings. The molecule has 1 aromatic heterocycles. The molecule has 0 fully saturated rings. The Morgan fingerprint density at radius 2 is 1.53 bits per heavy atom. The first-order chi connectivity index (χ1) is 13.3. The van der Waals surface area contributed by atoms with E-state index in [0.717, 1.165) is 6.07 Å². The van der Waals surface area contributed by atoms with Gasteiger partial charge in [-0.3, -0.25) is 0 Å². The summed E-state index contributed by atoms with van der Waals surface area (Å²) >= 11 is 42.8. The van der Waals surface area contributed by atoms with Crippen LogP contribution in [0.4, 0.5) is 0 Å². The second-order valence-corrected chi connectivity index (χ2v) is 24.4. The average molecular weight is 813 g/mol. The van der Waals surface area contributed by atoms with Gasteiger partial charge in [0, 0.05) is 4.90 Å². The van der Waals surface area contributed by atoms with Crippen LogP contribution in [0.25, 0.3) is 10.2 Å². The zero-order valence-corrected chi connectivity index (χ0v) is 25.6. The van der Waals surface area contributed by atoms with Crippen LogP contribution in [0.15, 0.2) is 26.3 Å². The normalized spacial score (nSPS) is 14.4. The zero-order valence-electron chi connectivity index (χ0n) is 13.1. The van der Waals surface area contributed by atoms with Crippen LogP contribution >= 0.6 is 141 Å². The van der Waals surface area contributed by atoms with Crippen LogP contribution in [-0.2, 0) is 28.9 Å². The first-order valence-corrected chi connectivity index (χ1v) is 15.6. The largest absolute Gasteiger partial charge is 0.327 e. The van der Waals surface area contributed by atoms with Crippen LogP contribution in [0.3, 0.4) is 0 Å². The third-order valence-corrected chi connectivity index (χ3v) is 13.6. The first-order valence-electron chi connectivity index (χ1n) is 6.44. The van der Waals surface area contributed by atoms with E-state index in [1.165, 1.54) is 6.07 Å². The summed E-state index contributed by atoms with van der Waals surface area (Å²) in [4.78, 5) is 7.89. The van der Waals surface area contributed by atoms with Crippen molar-refractivity contribution in [1.29, 1.82) is 0 Å². The lowest BCUT2D eigenvalue weighted by Gasteiger charge is -2.14. The summed E-state index contributed by atoms with van der Waals surface area (Å²) in [6, 6.07) is 2.39. The van der Waals surface area contributed by atoms with Gasteiger partial charge in [-0.05, 0) is 59.9 Å². The van der Waals surface area contributed by atoms with Crippen molar-refractivity contribution in [2.75, 3.05) is 0 Å². The number of sulfone groups is 2. The number of fused-ring (bicyclic) bond motifs is 1. The summed E-state index contributed by atoms with van der Waals surface area (Å²) in [6.07, 6.45) is 0. The summed E-state index contributed by atoms with van der Waals surface area (Å²) in [7, 11) is -8.76. The predicted molar refractivity (Wildman–Crippen MR) is 132 cm³/mol. The van der Waals surface area contributed by atoms with Gasteiger partial charge in [-0.15, -0.1) is 11.3 Å². The highest BCUT2D eigenvalue weighted by Crippen LogP contribution is 2.47. The van der Waals surface area contributed by atoms with Crippen LogP contribution in [0.2, 0.25) is 0 Å². The van der Waals surface area contributed by atoms with E-state index >= 15 is 0 Å². The molecule has 0 spiro atoms. The molecule has 20 heteroatoms. The molecule has 30 heavy (non-hydrogen) atoms. The molecule has 0 bridgehead atoms. The van der Waals surface area contributed by atoms with Crippen LogP contribution < -0.4 is 0 Å². The van der Waals surface area contributed by atoms with Crippen LogP contribution in [0.5, 0.6) is 0 Å². The van der Waals surface area contributed by atoms with Gasteiger partial charge in [0.1, 0.15) is 5.52 Å². The fraction of sp³-hybridized carbons (Fsp3) is 0.300. The van der Waals surface area contributed by atoms with Crippen molar-refractivity contribution >= 4 is 171 Å². The smallest absolute Gasteiger partial charge is 0.224 e. The summed E-state index contributed by atoms with van der Waals surface area (Å²) in [5, 5.41) is 0. The van der Waals surface area contributed by atoms with E-state index in [0.29, 0.717) is 23.4 Å². The van der Waals surface area contributed by atoms with Gasteiger partial charge in [-0.1, -0.05) is 69.6 Å². The molecule has 0 saturated carbocycles. The van der Waals surface area contributed by atoms with Crippen LogP contribution in [0, 0.1) is 0 Å². The van der Waals surface area contributed by atoms with Crippen molar-refractivity contribution in [2.24, 2.45) is 0 Å². The van der Waals surface area contributed by atoms with Gasteiger partial charge in [0.2, 0.25) is 25.5 Å². The number of nitrogens with zero attached hydrogens (tertiary/aromatic N) is 1. The summed E-state index contributed by atoms with van der Waals surface area (Å²) in [5.41, 5.74) is -0.242. The lowest BCUT2D eigenvalue weighted by molar-refractivity contribution is -0.197. The minimum atomic E-state index is -4.62. The molecule has 0 atom stereocenters. The first kappa shape index (κ1) is 28.7. The number of benzene rings is 1. The van der Waals surface area contributed by atoms with E-state index < -0.39 is 37.5 Å². The van der Waals surface area contributed by atoms with Gasteiger partial charge >= 0.3 is 3.98 Å². The molecule has 1 aromatic carbocycles. The maximum Gasteiger partial charge on any atom is 0.327 e. The number of thiazole rings is 1. The molecule has 0 N–H and O–H groups in total. The second kappa shape index (κ2) is 9.84. The van der Waals surface area contributed by atoms with Gasteiger partial charge in [0.15, 0.2) is 0 Å². The van der Waals surface area contributed by atoms with E-state index in [-0.39, 0.29) is 15.1 Å².